The van der Waals surface area contributed by atoms with Gasteiger partial charge in [0.1, 0.15) is 11.7 Å². The Labute approximate surface area is 226 Å². The predicted octanol–water partition coefficient (Wildman–Crippen LogP) is 5.83. The van der Waals surface area contributed by atoms with E-state index >= 15 is 0 Å². The number of para-hydroxylation sites is 1. The van der Waals surface area contributed by atoms with Crippen LogP contribution in [0.4, 0.5) is 0 Å². The quantitative estimate of drug-likeness (QED) is 0.275. The number of H-pyrrole nitrogens is 1. The molecule has 5 aromatic rings. The second-order valence-electron chi connectivity index (χ2n) is 10.5. The number of benzene rings is 3. The van der Waals surface area contributed by atoms with Gasteiger partial charge in [-0.2, -0.15) is 0 Å². The fraction of sp³-hybridized carbons (Fsp3) is 0.219. The van der Waals surface area contributed by atoms with Crippen LogP contribution in [0.25, 0.3) is 32.9 Å². The Hall–Kier alpha value is -4.65. The van der Waals surface area contributed by atoms with E-state index in [0.29, 0.717) is 38.5 Å². The number of aromatic nitrogens is 2. The van der Waals surface area contributed by atoms with Crippen LogP contribution in [-0.4, -0.2) is 33.6 Å². The first-order valence-electron chi connectivity index (χ1n) is 13.0. The van der Waals surface area contributed by atoms with Crippen molar-refractivity contribution in [1.82, 2.24) is 14.9 Å². The van der Waals surface area contributed by atoms with Crippen molar-refractivity contribution < 1.29 is 14.3 Å². The van der Waals surface area contributed by atoms with Crippen molar-refractivity contribution in [2.24, 2.45) is 0 Å². The second-order valence-corrected chi connectivity index (χ2v) is 10.5. The van der Waals surface area contributed by atoms with Crippen molar-refractivity contribution >= 4 is 33.7 Å². The highest BCUT2D eigenvalue weighted by Gasteiger charge is 2.31. The predicted molar refractivity (Wildman–Crippen MR) is 154 cm³/mol. The molecule has 0 aliphatic carbocycles. The van der Waals surface area contributed by atoms with Gasteiger partial charge in [-0.15, -0.1) is 0 Å². The average Bonchev–Trinajstić information content (AvgIpc) is 3.32. The van der Waals surface area contributed by atoms with Gasteiger partial charge >= 0.3 is 5.97 Å². The molecule has 2 aromatic heterocycles. The maximum absolute atomic E-state index is 14.6. The van der Waals surface area contributed by atoms with Crippen molar-refractivity contribution in [3.63, 3.8) is 0 Å². The Balaban J connectivity index is 1.93. The molecule has 7 nitrogen and oxygen atoms in total. The summed E-state index contributed by atoms with van der Waals surface area (Å²) < 4.78 is 6.91. The van der Waals surface area contributed by atoms with E-state index in [-0.39, 0.29) is 23.8 Å². The number of fused-ring (bicyclic) bond motifs is 3. The molecule has 1 unspecified atom stereocenters. The molecule has 2 N–H and O–H groups in total. The lowest BCUT2D eigenvalue weighted by Gasteiger charge is -2.27. The molecule has 39 heavy (non-hydrogen) atoms. The van der Waals surface area contributed by atoms with E-state index < -0.39 is 17.6 Å². The highest BCUT2D eigenvalue weighted by molar-refractivity contribution is 6.15. The molecule has 3 aromatic carbocycles. The zero-order chi connectivity index (χ0) is 27.7. The largest absolute Gasteiger partial charge is 0.461 e. The van der Waals surface area contributed by atoms with E-state index in [1.54, 1.807) is 11.5 Å². The molecule has 7 heteroatoms. The molecular formula is C32H31N3O4. The van der Waals surface area contributed by atoms with Crippen LogP contribution in [0.5, 0.6) is 0 Å². The van der Waals surface area contributed by atoms with E-state index in [1.807, 2.05) is 106 Å². The standard InChI is InChI=1S/C32H31N3O4/c1-5-39-31(38)27-24(20-14-8-6-9-15-20)25-26(33-27)22-18-12-13-19-23(22)35(30(25)37)28(21-16-10-7-11-17-21)29(36)34-32(2,3)4/h6-19,28,33H,5H2,1-4H3,(H,34,36). The maximum atomic E-state index is 14.6. The third-order valence-electron chi connectivity index (χ3n) is 6.53. The molecule has 0 saturated heterocycles. The molecule has 0 bridgehead atoms. The fourth-order valence-electron chi connectivity index (χ4n) is 5.04. The summed E-state index contributed by atoms with van der Waals surface area (Å²) in [6.45, 7) is 7.65. The van der Waals surface area contributed by atoms with Crippen LogP contribution in [0.2, 0.25) is 0 Å². The SMILES string of the molecule is CCOC(=O)c1[nH]c2c(c1-c1ccccc1)c(=O)n(C(C(=O)NC(C)(C)C)c1ccccc1)c1ccccc21. The van der Waals surface area contributed by atoms with Gasteiger partial charge in [0.25, 0.3) is 5.56 Å². The van der Waals surface area contributed by atoms with E-state index in [1.165, 1.54) is 0 Å². The number of ether oxygens (including phenoxy) is 1. The van der Waals surface area contributed by atoms with Crippen LogP contribution in [0, 0.1) is 0 Å². The molecule has 5 rings (SSSR count). The van der Waals surface area contributed by atoms with Gasteiger partial charge in [-0.05, 0) is 44.9 Å². The number of amides is 1. The molecule has 198 valence electrons. The number of rotatable bonds is 6. The molecule has 1 atom stereocenters. The smallest absolute Gasteiger partial charge is 0.355 e. The summed E-state index contributed by atoms with van der Waals surface area (Å²) in [7, 11) is 0. The van der Waals surface area contributed by atoms with Gasteiger partial charge in [0.05, 0.1) is 23.0 Å². The molecular weight excluding hydrogens is 490 g/mol. The summed E-state index contributed by atoms with van der Waals surface area (Å²) in [5, 5.41) is 4.10. The topological polar surface area (TPSA) is 93.2 Å². The zero-order valence-electron chi connectivity index (χ0n) is 22.4. The Bertz CT molecular complexity index is 1730. The van der Waals surface area contributed by atoms with Crippen molar-refractivity contribution in [3.05, 3.63) is 107 Å². The lowest BCUT2D eigenvalue weighted by Crippen LogP contribution is -2.46. The monoisotopic (exact) mass is 521 g/mol. The first-order chi connectivity index (χ1) is 18.7. The Morgan fingerprint density at radius 2 is 1.54 bits per heavy atom. The second kappa shape index (κ2) is 10.3. The van der Waals surface area contributed by atoms with Crippen molar-refractivity contribution in [2.75, 3.05) is 6.61 Å². The zero-order valence-corrected chi connectivity index (χ0v) is 22.4. The fourth-order valence-corrected chi connectivity index (χ4v) is 5.04. The summed E-state index contributed by atoms with van der Waals surface area (Å²) in [5.74, 6) is -0.851. The first-order valence-corrected chi connectivity index (χ1v) is 13.0. The number of carbonyl (C=O) groups excluding carboxylic acids is 2. The van der Waals surface area contributed by atoms with Gasteiger partial charge in [-0.3, -0.25) is 14.2 Å². The van der Waals surface area contributed by atoms with Gasteiger partial charge in [0, 0.05) is 16.5 Å². The highest BCUT2D eigenvalue weighted by atomic mass is 16.5. The summed E-state index contributed by atoms with van der Waals surface area (Å²) in [5.41, 5.74) is 2.22. The van der Waals surface area contributed by atoms with Crippen LogP contribution < -0.4 is 10.9 Å². The molecule has 0 fully saturated rings. The number of hydrogen-bond donors (Lipinski definition) is 2. The Kier molecular flexibility index (Phi) is 6.83. The summed E-state index contributed by atoms with van der Waals surface area (Å²) in [6.07, 6.45) is 0. The van der Waals surface area contributed by atoms with Gasteiger partial charge in [0.15, 0.2) is 0 Å². The van der Waals surface area contributed by atoms with Crippen LogP contribution in [0.15, 0.2) is 89.7 Å². The molecule has 2 heterocycles. The maximum Gasteiger partial charge on any atom is 0.355 e. The number of hydrogen-bond acceptors (Lipinski definition) is 4. The number of esters is 1. The minimum absolute atomic E-state index is 0.191. The van der Waals surface area contributed by atoms with Gasteiger partial charge < -0.3 is 15.0 Å². The first kappa shape index (κ1) is 26.0. The highest BCUT2D eigenvalue weighted by Crippen LogP contribution is 2.36. The van der Waals surface area contributed by atoms with E-state index in [2.05, 4.69) is 10.3 Å². The van der Waals surface area contributed by atoms with Crippen LogP contribution in [0.3, 0.4) is 0 Å². The lowest BCUT2D eigenvalue weighted by atomic mass is 9.99. The van der Waals surface area contributed by atoms with Gasteiger partial charge in [-0.25, -0.2) is 4.79 Å². The van der Waals surface area contributed by atoms with E-state index in [4.69, 9.17) is 4.74 Å². The minimum atomic E-state index is -0.947. The number of nitrogens with one attached hydrogen (secondary N) is 2. The van der Waals surface area contributed by atoms with E-state index in [9.17, 15) is 14.4 Å². The van der Waals surface area contributed by atoms with Crippen LogP contribution in [0.1, 0.15) is 49.8 Å². The normalized spacial score (nSPS) is 12.4. The number of pyridine rings is 1. The summed E-state index contributed by atoms with van der Waals surface area (Å²) in [4.78, 5) is 44.9. The minimum Gasteiger partial charge on any atom is -0.461 e. The molecule has 0 aliphatic heterocycles. The number of carbonyl (C=O) groups is 2. The van der Waals surface area contributed by atoms with Crippen molar-refractivity contribution in [3.8, 4) is 11.1 Å². The lowest BCUT2D eigenvalue weighted by molar-refractivity contribution is -0.124. The molecule has 0 radical (unpaired) electrons. The van der Waals surface area contributed by atoms with Gasteiger partial charge in [0.2, 0.25) is 5.91 Å². The molecule has 1 amide bonds. The summed E-state index contributed by atoms with van der Waals surface area (Å²) in [6, 6.07) is 25.0. The van der Waals surface area contributed by atoms with Crippen molar-refractivity contribution in [1.29, 1.82) is 0 Å². The number of aromatic amines is 1. The van der Waals surface area contributed by atoms with E-state index in [0.717, 1.165) is 0 Å². The molecule has 0 saturated carbocycles. The molecule has 0 spiro atoms. The Morgan fingerprint density at radius 1 is 0.923 bits per heavy atom. The number of nitrogens with zero attached hydrogens (tertiary/aromatic N) is 1. The van der Waals surface area contributed by atoms with Crippen LogP contribution in [-0.2, 0) is 9.53 Å². The molecule has 0 aliphatic rings. The third-order valence-corrected chi connectivity index (χ3v) is 6.53. The summed E-state index contributed by atoms with van der Waals surface area (Å²) >= 11 is 0. The van der Waals surface area contributed by atoms with Gasteiger partial charge in [-0.1, -0.05) is 78.9 Å². The Morgan fingerprint density at radius 3 is 2.18 bits per heavy atom. The van der Waals surface area contributed by atoms with Crippen LogP contribution >= 0.6 is 0 Å². The average molecular weight is 522 g/mol. The third kappa shape index (κ3) is 4.83. The van der Waals surface area contributed by atoms with Crippen molar-refractivity contribution in [2.45, 2.75) is 39.3 Å².